The molecular formula is C21H26N2O3S. The second-order valence-corrected chi connectivity index (χ2v) is 9.15. The number of carbonyl (C=O) groups excluding carboxylic acids is 1. The van der Waals surface area contributed by atoms with Gasteiger partial charge in [0.25, 0.3) is 5.91 Å². The lowest BCUT2D eigenvalue weighted by atomic mass is 9.99. The van der Waals surface area contributed by atoms with Crippen molar-refractivity contribution in [2.45, 2.75) is 39.7 Å². The van der Waals surface area contributed by atoms with Crippen LogP contribution in [0, 0.1) is 20.8 Å². The van der Waals surface area contributed by atoms with Crippen molar-refractivity contribution < 1.29 is 13.2 Å². The number of likely N-dealkylation sites (tertiary alicyclic amines) is 1. The molecule has 0 aliphatic carbocycles. The molecule has 1 fully saturated rings. The Bertz CT molecular complexity index is 983. The van der Waals surface area contributed by atoms with Gasteiger partial charge in [-0.15, -0.1) is 0 Å². The van der Waals surface area contributed by atoms with Crippen molar-refractivity contribution in [1.29, 1.82) is 0 Å². The fraction of sp³-hybridized carbons (Fsp3) is 0.381. The van der Waals surface area contributed by atoms with Crippen LogP contribution in [0.3, 0.4) is 0 Å². The number of nitrogens with one attached hydrogen (secondary N) is 1. The van der Waals surface area contributed by atoms with E-state index < -0.39 is 10.0 Å². The number of hydrogen-bond donors (Lipinski definition) is 1. The minimum atomic E-state index is -3.40. The Morgan fingerprint density at radius 1 is 1.04 bits per heavy atom. The Morgan fingerprint density at radius 3 is 2.41 bits per heavy atom. The summed E-state index contributed by atoms with van der Waals surface area (Å²) >= 11 is 0. The van der Waals surface area contributed by atoms with Crippen LogP contribution in [-0.4, -0.2) is 32.0 Å². The molecule has 27 heavy (non-hydrogen) atoms. The molecule has 1 atom stereocenters. The molecule has 1 saturated heterocycles. The number of carbonyl (C=O) groups is 1. The Morgan fingerprint density at radius 2 is 1.74 bits per heavy atom. The standard InChI is InChI=1S/C21H26N2O3S/c1-14-7-9-17(12-16(14)3)20-6-5-11-23(20)21(24)18-10-8-15(2)19(13-18)22-27(4,25)26/h7-10,12-13,20,22H,5-6,11H2,1-4H3. The van der Waals surface area contributed by atoms with Gasteiger partial charge < -0.3 is 4.90 Å². The summed E-state index contributed by atoms with van der Waals surface area (Å²) < 4.78 is 25.7. The first kappa shape index (κ1) is 19.4. The molecule has 1 heterocycles. The molecule has 0 spiro atoms. The predicted octanol–water partition coefficient (Wildman–Crippen LogP) is 3.96. The molecule has 0 bridgehead atoms. The Balaban J connectivity index is 1.90. The molecule has 2 aromatic carbocycles. The van der Waals surface area contributed by atoms with Crippen molar-refractivity contribution in [3.63, 3.8) is 0 Å². The van der Waals surface area contributed by atoms with Crippen LogP contribution in [-0.2, 0) is 10.0 Å². The third-order valence-electron chi connectivity index (χ3n) is 5.21. The first-order valence-corrected chi connectivity index (χ1v) is 11.0. The lowest BCUT2D eigenvalue weighted by Crippen LogP contribution is -2.30. The summed E-state index contributed by atoms with van der Waals surface area (Å²) in [5, 5.41) is 0. The quantitative estimate of drug-likeness (QED) is 0.865. The van der Waals surface area contributed by atoms with Crippen molar-refractivity contribution in [2.24, 2.45) is 0 Å². The van der Waals surface area contributed by atoms with Gasteiger partial charge in [-0.05, 0) is 68.0 Å². The van der Waals surface area contributed by atoms with Gasteiger partial charge >= 0.3 is 0 Å². The molecule has 0 aromatic heterocycles. The molecule has 5 nitrogen and oxygen atoms in total. The number of hydrogen-bond acceptors (Lipinski definition) is 3. The third-order valence-corrected chi connectivity index (χ3v) is 5.80. The Labute approximate surface area is 161 Å². The first-order valence-electron chi connectivity index (χ1n) is 9.12. The van der Waals surface area contributed by atoms with E-state index in [2.05, 4.69) is 36.8 Å². The molecule has 2 aromatic rings. The first-order chi connectivity index (χ1) is 12.7. The molecule has 1 aliphatic rings. The highest BCUT2D eigenvalue weighted by Crippen LogP contribution is 2.34. The van der Waals surface area contributed by atoms with Gasteiger partial charge in [0.15, 0.2) is 0 Å². The van der Waals surface area contributed by atoms with Crippen LogP contribution in [0.5, 0.6) is 0 Å². The molecular weight excluding hydrogens is 360 g/mol. The highest BCUT2D eigenvalue weighted by Gasteiger charge is 2.31. The van der Waals surface area contributed by atoms with E-state index in [-0.39, 0.29) is 11.9 Å². The van der Waals surface area contributed by atoms with E-state index in [0.717, 1.165) is 30.2 Å². The molecule has 1 amide bonds. The molecule has 6 heteroatoms. The lowest BCUT2D eigenvalue weighted by Gasteiger charge is -2.26. The van der Waals surface area contributed by atoms with Crippen molar-refractivity contribution in [3.8, 4) is 0 Å². The largest absolute Gasteiger partial charge is 0.332 e. The van der Waals surface area contributed by atoms with Gasteiger partial charge in [0.2, 0.25) is 10.0 Å². The third kappa shape index (κ3) is 4.33. The summed E-state index contributed by atoms with van der Waals surface area (Å²) in [5.41, 5.74) is 5.36. The van der Waals surface area contributed by atoms with Crippen molar-refractivity contribution >= 4 is 21.6 Å². The molecule has 0 radical (unpaired) electrons. The van der Waals surface area contributed by atoms with Crippen LogP contribution >= 0.6 is 0 Å². The van der Waals surface area contributed by atoms with Crippen molar-refractivity contribution in [2.75, 3.05) is 17.5 Å². The average Bonchev–Trinajstić information content (AvgIpc) is 3.07. The van der Waals surface area contributed by atoms with Gasteiger partial charge in [-0.1, -0.05) is 24.3 Å². The highest BCUT2D eigenvalue weighted by molar-refractivity contribution is 7.92. The van der Waals surface area contributed by atoms with Gasteiger partial charge in [0.1, 0.15) is 0 Å². The van der Waals surface area contributed by atoms with Crippen LogP contribution in [0.15, 0.2) is 36.4 Å². The summed E-state index contributed by atoms with van der Waals surface area (Å²) in [6.45, 7) is 6.69. The zero-order valence-electron chi connectivity index (χ0n) is 16.2. The van der Waals surface area contributed by atoms with Gasteiger partial charge in [0, 0.05) is 12.1 Å². The zero-order valence-corrected chi connectivity index (χ0v) is 17.1. The number of amides is 1. The lowest BCUT2D eigenvalue weighted by molar-refractivity contribution is 0.0735. The van der Waals surface area contributed by atoms with E-state index in [9.17, 15) is 13.2 Å². The molecule has 0 saturated carbocycles. The second-order valence-electron chi connectivity index (χ2n) is 7.40. The Hall–Kier alpha value is -2.34. The van der Waals surface area contributed by atoms with Crippen LogP contribution < -0.4 is 4.72 Å². The normalized spacial score (nSPS) is 17.2. The summed E-state index contributed by atoms with van der Waals surface area (Å²) in [5.74, 6) is -0.0627. The van der Waals surface area contributed by atoms with Crippen molar-refractivity contribution in [1.82, 2.24) is 4.90 Å². The minimum Gasteiger partial charge on any atom is -0.332 e. The van der Waals surface area contributed by atoms with E-state index in [0.29, 0.717) is 17.8 Å². The molecule has 144 valence electrons. The number of nitrogens with zero attached hydrogens (tertiary/aromatic N) is 1. The molecule has 1 aliphatic heterocycles. The molecule has 1 unspecified atom stereocenters. The fourth-order valence-corrected chi connectivity index (χ4v) is 4.18. The van der Waals surface area contributed by atoms with Gasteiger partial charge in [-0.25, -0.2) is 8.42 Å². The van der Waals surface area contributed by atoms with E-state index in [1.54, 1.807) is 18.2 Å². The summed E-state index contributed by atoms with van der Waals surface area (Å²) in [7, 11) is -3.40. The van der Waals surface area contributed by atoms with Crippen LogP contribution in [0.4, 0.5) is 5.69 Å². The fourth-order valence-electron chi connectivity index (χ4n) is 3.56. The topological polar surface area (TPSA) is 66.5 Å². The Kier molecular flexibility index (Phi) is 5.29. The van der Waals surface area contributed by atoms with E-state index in [4.69, 9.17) is 0 Å². The summed E-state index contributed by atoms with van der Waals surface area (Å²) in [6, 6.07) is 11.6. The highest BCUT2D eigenvalue weighted by atomic mass is 32.2. The average molecular weight is 387 g/mol. The van der Waals surface area contributed by atoms with E-state index >= 15 is 0 Å². The summed E-state index contributed by atoms with van der Waals surface area (Å²) in [4.78, 5) is 15.1. The van der Waals surface area contributed by atoms with Gasteiger partial charge in [0.05, 0.1) is 18.0 Å². The predicted molar refractivity (Wildman–Crippen MR) is 109 cm³/mol. The van der Waals surface area contributed by atoms with E-state index in [1.165, 1.54) is 11.1 Å². The molecule has 1 N–H and O–H groups in total. The zero-order chi connectivity index (χ0) is 19.8. The van der Waals surface area contributed by atoms with Crippen LogP contribution in [0.25, 0.3) is 0 Å². The van der Waals surface area contributed by atoms with Gasteiger partial charge in [-0.2, -0.15) is 0 Å². The maximum atomic E-state index is 13.2. The van der Waals surface area contributed by atoms with Crippen molar-refractivity contribution in [3.05, 3.63) is 64.2 Å². The summed E-state index contributed by atoms with van der Waals surface area (Å²) in [6.07, 6.45) is 3.01. The number of anilines is 1. The van der Waals surface area contributed by atoms with Gasteiger partial charge in [-0.3, -0.25) is 9.52 Å². The van der Waals surface area contributed by atoms with E-state index in [1.807, 2.05) is 11.8 Å². The van der Waals surface area contributed by atoms with Crippen LogP contribution in [0.1, 0.15) is 51.5 Å². The second kappa shape index (κ2) is 7.35. The number of aryl methyl sites for hydroxylation is 3. The number of rotatable bonds is 4. The maximum absolute atomic E-state index is 13.2. The monoisotopic (exact) mass is 386 g/mol. The maximum Gasteiger partial charge on any atom is 0.254 e. The number of benzene rings is 2. The number of sulfonamides is 1. The van der Waals surface area contributed by atoms with Crippen LogP contribution in [0.2, 0.25) is 0 Å². The smallest absolute Gasteiger partial charge is 0.254 e. The molecule has 3 rings (SSSR count). The SMILES string of the molecule is Cc1ccc(C2CCCN2C(=O)c2ccc(C)c(NS(C)(=O)=O)c2)cc1C. The minimum absolute atomic E-state index is 0.0596.